The summed E-state index contributed by atoms with van der Waals surface area (Å²) < 4.78 is 25.4. The molecule has 0 saturated carbocycles. The Morgan fingerprint density at radius 3 is 2.30 bits per heavy atom. The fourth-order valence-corrected chi connectivity index (χ4v) is 1.34. The van der Waals surface area contributed by atoms with E-state index in [1.165, 1.54) is 17.1 Å². The molecule has 20 heavy (non-hydrogen) atoms. The summed E-state index contributed by atoms with van der Waals surface area (Å²) in [7, 11) is 0. The highest BCUT2D eigenvalue weighted by molar-refractivity contribution is 5.55. The minimum atomic E-state index is -2.41. The van der Waals surface area contributed by atoms with Crippen LogP contribution in [-0.4, -0.2) is 26.2 Å². The third-order valence-electron chi connectivity index (χ3n) is 2.01. The van der Waals surface area contributed by atoms with Crippen LogP contribution in [0.2, 0.25) is 0 Å². The molecule has 0 unspecified atom stereocenters. The standard InChI is InChI=1S/C10H10F2N4.2C2H6/c1-7-2-13-4-9(15-7)8-3-14-16(5-8)6-10(11)12;2*1-2/h2-5,10H,6H2,1H3;2*1-2H3. The first-order valence-corrected chi connectivity index (χ1v) is 6.75. The summed E-state index contributed by atoms with van der Waals surface area (Å²) in [5.74, 6) is 0. The van der Waals surface area contributed by atoms with E-state index in [2.05, 4.69) is 15.1 Å². The van der Waals surface area contributed by atoms with Crippen molar-refractivity contribution in [3.63, 3.8) is 0 Å². The van der Waals surface area contributed by atoms with Crippen LogP contribution in [0.5, 0.6) is 0 Å². The summed E-state index contributed by atoms with van der Waals surface area (Å²) >= 11 is 0. The normalized spacial score (nSPS) is 9.40. The van der Waals surface area contributed by atoms with Crippen molar-refractivity contribution in [2.45, 2.75) is 47.6 Å². The molecule has 0 aliphatic heterocycles. The van der Waals surface area contributed by atoms with Crippen molar-refractivity contribution in [2.75, 3.05) is 0 Å². The largest absolute Gasteiger partial charge is 0.266 e. The van der Waals surface area contributed by atoms with Crippen LogP contribution >= 0.6 is 0 Å². The monoisotopic (exact) mass is 284 g/mol. The number of nitrogens with zero attached hydrogens (tertiary/aromatic N) is 4. The maximum Gasteiger partial charge on any atom is 0.257 e. The molecule has 0 spiro atoms. The SMILES string of the molecule is CC.CC.Cc1cncc(-c2cnn(CC(F)F)c2)n1. The first-order valence-electron chi connectivity index (χ1n) is 6.75. The van der Waals surface area contributed by atoms with E-state index in [0.717, 1.165) is 5.69 Å². The van der Waals surface area contributed by atoms with Gasteiger partial charge >= 0.3 is 0 Å². The summed E-state index contributed by atoms with van der Waals surface area (Å²) in [5, 5.41) is 3.83. The molecule has 6 heteroatoms. The molecule has 2 aromatic rings. The van der Waals surface area contributed by atoms with Crippen molar-refractivity contribution in [2.24, 2.45) is 0 Å². The molecule has 0 radical (unpaired) electrons. The van der Waals surface area contributed by atoms with Crippen molar-refractivity contribution in [3.8, 4) is 11.3 Å². The summed E-state index contributed by atoms with van der Waals surface area (Å²) in [4.78, 5) is 8.22. The van der Waals surface area contributed by atoms with Crippen LogP contribution < -0.4 is 0 Å². The summed E-state index contributed by atoms with van der Waals surface area (Å²) in [6.45, 7) is 9.42. The van der Waals surface area contributed by atoms with Crippen molar-refractivity contribution < 1.29 is 8.78 Å². The average Bonchev–Trinajstić information content (AvgIpc) is 2.91. The van der Waals surface area contributed by atoms with Crippen LogP contribution in [0.4, 0.5) is 8.78 Å². The summed E-state index contributed by atoms with van der Waals surface area (Å²) in [6.07, 6.45) is 3.85. The third-order valence-corrected chi connectivity index (χ3v) is 2.01. The second-order valence-electron chi connectivity index (χ2n) is 3.39. The molecule has 0 aliphatic carbocycles. The van der Waals surface area contributed by atoms with Gasteiger partial charge in [-0.25, -0.2) is 13.8 Å². The Labute approximate surface area is 118 Å². The fourth-order valence-electron chi connectivity index (χ4n) is 1.34. The Morgan fingerprint density at radius 2 is 1.75 bits per heavy atom. The molecule has 0 amide bonds. The highest BCUT2D eigenvalue weighted by Crippen LogP contribution is 2.15. The van der Waals surface area contributed by atoms with Gasteiger partial charge in [-0.2, -0.15) is 5.10 Å². The predicted molar refractivity (Wildman–Crippen MR) is 76.7 cm³/mol. The van der Waals surface area contributed by atoms with Crippen LogP contribution in [0.3, 0.4) is 0 Å². The number of hydrogen-bond acceptors (Lipinski definition) is 3. The molecule has 0 atom stereocenters. The van der Waals surface area contributed by atoms with E-state index in [4.69, 9.17) is 0 Å². The van der Waals surface area contributed by atoms with Gasteiger partial charge in [-0.3, -0.25) is 9.67 Å². The maximum atomic E-state index is 12.1. The lowest BCUT2D eigenvalue weighted by Crippen LogP contribution is -2.06. The Balaban J connectivity index is 0.000000829. The highest BCUT2D eigenvalue weighted by Gasteiger charge is 2.07. The Bertz CT molecular complexity index is 484. The minimum absolute atomic E-state index is 0.404. The molecule has 2 rings (SSSR count). The molecule has 0 aromatic carbocycles. The molecule has 4 nitrogen and oxygen atoms in total. The van der Waals surface area contributed by atoms with E-state index in [-0.39, 0.29) is 0 Å². The zero-order valence-electron chi connectivity index (χ0n) is 12.6. The average molecular weight is 284 g/mol. The second-order valence-corrected chi connectivity index (χ2v) is 3.39. The quantitative estimate of drug-likeness (QED) is 0.856. The Morgan fingerprint density at radius 1 is 1.10 bits per heavy atom. The number of halogens is 2. The van der Waals surface area contributed by atoms with Crippen LogP contribution in [0.25, 0.3) is 11.3 Å². The second kappa shape index (κ2) is 10.00. The number of hydrogen-bond donors (Lipinski definition) is 0. The first-order chi connectivity index (χ1) is 9.65. The molecule has 112 valence electrons. The number of aryl methyl sites for hydroxylation is 1. The Hall–Kier alpha value is -1.85. The lowest BCUT2D eigenvalue weighted by molar-refractivity contribution is 0.122. The fraction of sp³-hybridized carbons (Fsp3) is 0.500. The van der Waals surface area contributed by atoms with Gasteiger partial charge in [0.25, 0.3) is 6.43 Å². The molecule has 2 aromatic heterocycles. The van der Waals surface area contributed by atoms with Gasteiger partial charge in [0.1, 0.15) is 6.54 Å². The van der Waals surface area contributed by atoms with Crippen LogP contribution in [0, 0.1) is 6.92 Å². The lowest BCUT2D eigenvalue weighted by atomic mass is 10.2. The smallest absolute Gasteiger partial charge is 0.257 e. The first kappa shape index (κ1) is 18.1. The van der Waals surface area contributed by atoms with E-state index in [9.17, 15) is 8.78 Å². The van der Waals surface area contributed by atoms with Crippen LogP contribution in [0.15, 0.2) is 24.8 Å². The van der Waals surface area contributed by atoms with E-state index in [1.807, 2.05) is 34.6 Å². The third kappa shape index (κ3) is 5.86. The van der Waals surface area contributed by atoms with Gasteiger partial charge < -0.3 is 0 Å². The van der Waals surface area contributed by atoms with Gasteiger partial charge in [-0.05, 0) is 6.92 Å². The number of rotatable bonds is 3. The number of alkyl halides is 2. The molecule has 0 fully saturated rings. The predicted octanol–water partition coefficient (Wildman–Crippen LogP) is 3.97. The van der Waals surface area contributed by atoms with Gasteiger partial charge in [0.15, 0.2) is 0 Å². The Kier molecular flexibility index (Phi) is 9.07. The van der Waals surface area contributed by atoms with Crippen LogP contribution in [0.1, 0.15) is 33.4 Å². The van der Waals surface area contributed by atoms with Gasteiger partial charge in [0.05, 0.1) is 23.8 Å². The van der Waals surface area contributed by atoms with Gasteiger partial charge in [-0.15, -0.1) is 0 Å². The van der Waals surface area contributed by atoms with Crippen molar-refractivity contribution in [3.05, 3.63) is 30.5 Å². The van der Waals surface area contributed by atoms with E-state index < -0.39 is 13.0 Å². The highest BCUT2D eigenvalue weighted by atomic mass is 19.3. The lowest BCUT2D eigenvalue weighted by Gasteiger charge is -1.98. The molecular formula is C14H22F2N4. The van der Waals surface area contributed by atoms with Gasteiger partial charge in [-0.1, -0.05) is 27.7 Å². The van der Waals surface area contributed by atoms with Crippen LogP contribution in [-0.2, 0) is 6.54 Å². The maximum absolute atomic E-state index is 12.1. The molecule has 2 heterocycles. The van der Waals surface area contributed by atoms with Gasteiger partial charge in [0.2, 0.25) is 0 Å². The van der Waals surface area contributed by atoms with Crippen molar-refractivity contribution in [1.29, 1.82) is 0 Å². The van der Waals surface area contributed by atoms with E-state index in [1.54, 1.807) is 12.4 Å². The minimum Gasteiger partial charge on any atom is -0.266 e. The molecule has 0 N–H and O–H groups in total. The summed E-state index contributed by atoms with van der Waals surface area (Å²) in [5.41, 5.74) is 2.11. The van der Waals surface area contributed by atoms with Crippen molar-refractivity contribution in [1.82, 2.24) is 19.7 Å². The summed E-state index contributed by atoms with van der Waals surface area (Å²) in [6, 6.07) is 0. The molecule has 0 saturated heterocycles. The molecule has 0 bridgehead atoms. The van der Waals surface area contributed by atoms with Gasteiger partial charge in [0, 0.05) is 18.0 Å². The molecular weight excluding hydrogens is 262 g/mol. The van der Waals surface area contributed by atoms with E-state index >= 15 is 0 Å². The zero-order chi connectivity index (χ0) is 15.5. The molecule has 0 aliphatic rings. The zero-order valence-corrected chi connectivity index (χ0v) is 12.6. The van der Waals surface area contributed by atoms with Crippen molar-refractivity contribution >= 4 is 0 Å². The van der Waals surface area contributed by atoms with E-state index in [0.29, 0.717) is 11.3 Å². The number of aromatic nitrogens is 4. The topological polar surface area (TPSA) is 43.6 Å².